The van der Waals surface area contributed by atoms with Crippen molar-refractivity contribution in [2.24, 2.45) is 0 Å². The Kier molecular flexibility index (Phi) is 3.95. The highest BCUT2D eigenvalue weighted by atomic mass is 32.1. The molecule has 1 N–H and O–H groups in total. The number of nitrogens with one attached hydrogen (secondary N) is 1. The van der Waals surface area contributed by atoms with Crippen LogP contribution in [0.25, 0.3) is 10.9 Å². The fraction of sp³-hybridized carbons (Fsp3) is 0.389. The van der Waals surface area contributed by atoms with Crippen molar-refractivity contribution < 1.29 is 0 Å². The first-order valence-corrected chi connectivity index (χ1v) is 9.04. The molecule has 2 heterocycles. The van der Waals surface area contributed by atoms with Gasteiger partial charge in [-0.05, 0) is 44.2 Å². The van der Waals surface area contributed by atoms with Crippen molar-refractivity contribution in [3.05, 3.63) is 45.7 Å². The maximum atomic E-state index is 4.80. The van der Waals surface area contributed by atoms with Crippen LogP contribution in [-0.4, -0.2) is 21.5 Å². The van der Waals surface area contributed by atoms with Gasteiger partial charge in [0.15, 0.2) is 0 Å². The SMILES string of the molecule is Cc1cccc2c(NCCc3nc4c(s3)CCCC4)ncnc12. The molecular formula is C18H20N4S. The number of rotatable bonds is 4. The number of hydrogen-bond donors (Lipinski definition) is 1. The van der Waals surface area contributed by atoms with E-state index in [0.717, 1.165) is 36.1 Å². The van der Waals surface area contributed by atoms with Crippen LogP contribution in [0.3, 0.4) is 0 Å². The minimum Gasteiger partial charge on any atom is -0.369 e. The Labute approximate surface area is 140 Å². The fourth-order valence-corrected chi connectivity index (χ4v) is 4.33. The van der Waals surface area contributed by atoms with Gasteiger partial charge in [-0.25, -0.2) is 15.0 Å². The lowest BCUT2D eigenvalue weighted by molar-refractivity contribution is 0.680. The van der Waals surface area contributed by atoms with Gasteiger partial charge in [-0.3, -0.25) is 0 Å². The molecule has 0 aliphatic heterocycles. The summed E-state index contributed by atoms with van der Waals surface area (Å²) >= 11 is 1.89. The molecule has 3 aromatic rings. The largest absolute Gasteiger partial charge is 0.369 e. The average Bonchev–Trinajstić information content (AvgIpc) is 2.98. The Morgan fingerprint density at radius 1 is 1.17 bits per heavy atom. The number of aromatic nitrogens is 3. The summed E-state index contributed by atoms with van der Waals surface area (Å²) in [6.45, 7) is 2.94. The van der Waals surface area contributed by atoms with E-state index in [9.17, 15) is 0 Å². The van der Waals surface area contributed by atoms with Crippen molar-refractivity contribution in [2.45, 2.75) is 39.0 Å². The van der Waals surface area contributed by atoms with Gasteiger partial charge in [0, 0.05) is 23.2 Å². The normalized spacial score (nSPS) is 14.0. The Hall–Kier alpha value is -2.01. The molecule has 0 spiro atoms. The Morgan fingerprint density at radius 2 is 2.09 bits per heavy atom. The molecule has 0 bridgehead atoms. The van der Waals surface area contributed by atoms with Crippen molar-refractivity contribution in [3.63, 3.8) is 0 Å². The molecule has 5 heteroatoms. The number of thiazole rings is 1. The van der Waals surface area contributed by atoms with Gasteiger partial charge in [0.2, 0.25) is 0 Å². The van der Waals surface area contributed by atoms with Crippen LogP contribution in [0.1, 0.15) is 34.0 Å². The maximum Gasteiger partial charge on any atom is 0.137 e. The third-order valence-corrected chi connectivity index (χ3v) is 5.61. The van der Waals surface area contributed by atoms with Gasteiger partial charge in [-0.1, -0.05) is 12.1 Å². The Morgan fingerprint density at radius 3 is 3.00 bits per heavy atom. The molecule has 1 aromatic carbocycles. The molecule has 4 nitrogen and oxygen atoms in total. The van der Waals surface area contributed by atoms with Crippen molar-refractivity contribution in [1.29, 1.82) is 0 Å². The zero-order valence-corrected chi connectivity index (χ0v) is 14.1. The van der Waals surface area contributed by atoms with Crippen LogP contribution in [-0.2, 0) is 19.3 Å². The van der Waals surface area contributed by atoms with Gasteiger partial charge in [-0.2, -0.15) is 0 Å². The van der Waals surface area contributed by atoms with Crippen LogP contribution >= 0.6 is 11.3 Å². The molecule has 4 rings (SSSR count). The van der Waals surface area contributed by atoms with Gasteiger partial charge >= 0.3 is 0 Å². The summed E-state index contributed by atoms with van der Waals surface area (Å²) in [7, 11) is 0. The quantitative estimate of drug-likeness (QED) is 0.790. The second-order valence-corrected chi connectivity index (χ2v) is 7.22. The highest BCUT2D eigenvalue weighted by Crippen LogP contribution is 2.27. The first-order valence-electron chi connectivity index (χ1n) is 8.23. The third kappa shape index (κ3) is 2.93. The van der Waals surface area contributed by atoms with E-state index in [0.29, 0.717) is 0 Å². The molecule has 2 aromatic heterocycles. The fourth-order valence-electron chi connectivity index (χ4n) is 3.18. The summed E-state index contributed by atoms with van der Waals surface area (Å²) in [4.78, 5) is 15.1. The van der Waals surface area contributed by atoms with E-state index in [1.54, 1.807) is 6.33 Å². The van der Waals surface area contributed by atoms with E-state index in [1.807, 2.05) is 11.3 Å². The van der Waals surface area contributed by atoms with Gasteiger partial charge in [-0.15, -0.1) is 11.3 Å². The number of para-hydroxylation sites is 1. The lowest BCUT2D eigenvalue weighted by atomic mass is 10.0. The van der Waals surface area contributed by atoms with Gasteiger partial charge < -0.3 is 5.32 Å². The Bertz CT molecular complexity index is 817. The predicted octanol–water partition coefficient (Wildman–Crippen LogP) is 3.93. The molecule has 0 saturated carbocycles. The summed E-state index contributed by atoms with van der Waals surface area (Å²) in [5.41, 5.74) is 3.55. The average molecular weight is 324 g/mol. The first-order chi connectivity index (χ1) is 11.3. The van der Waals surface area contributed by atoms with Crippen LogP contribution in [0.2, 0.25) is 0 Å². The molecular weight excluding hydrogens is 304 g/mol. The highest BCUT2D eigenvalue weighted by molar-refractivity contribution is 7.11. The second kappa shape index (κ2) is 6.24. The monoisotopic (exact) mass is 324 g/mol. The summed E-state index contributed by atoms with van der Waals surface area (Å²) < 4.78 is 0. The summed E-state index contributed by atoms with van der Waals surface area (Å²) in [6.07, 6.45) is 7.58. The molecule has 118 valence electrons. The van der Waals surface area contributed by atoms with Crippen LogP contribution in [0.15, 0.2) is 24.5 Å². The van der Waals surface area contributed by atoms with Crippen LogP contribution in [0.4, 0.5) is 5.82 Å². The van der Waals surface area contributed by atoms with E-state index < -0.39 is 0 Å². The van der Waals surface area contributed by atoms with Gasteiger partial charge in [0.05, 0.1) is 16.2 Å². The van der Waals surface area contributed by atoms with Crippen molar-refractivity contribution in [3.8, 4) is 0 Å². The van der Waals surface area contributed by atoms with E-state index in [1.165, 1.54) is 40.4 Å². The van der Waals surface area contributed by atoms with Crippen molar-refractivity contribution in [2.75, 3.05) is 11.9 Å². The molecule has 1 aliphatic carbocycles. The molecule has 0 radical (unpaired) electrons. The lowest BCUT2D eigenvalue weighted by Crippen LogP contribution is -2.07. The summed E-state index contributed by atoms with van der Waals surface area (Å²) in [5.74, 6) is 0.917. The van der Waals surface area contributed by atoms with E-state index in [2.05, 4.69) is 40.4 Å². The minimum absolute atomic E-state index is 0.854. The van der Waals surface area contributed by atoms with Gasteiger partial charge in [0.25, 0.3) is 0 Å². The smallest absolute Gasteiger partial charge is 0.137 e. The molecule has 1 aliphatic rings. The Balaban J connectivity index is 1.47. The molecule has 0 atom stereocenters. The zero-order chi connectivity index (χ0) is 15.6. The minimum atomic E-state index is 0.854. The number of nitrogens with zero attached hydrogens (tertiary/aromatic N) is 3. The van der Waals surface area contributed by atoms with E-state index >= 15 is 0 Å². The number of aryl methyl sites for hydroxylation is 3. The molecule has 0 amide bonds. The first kappa shape index (κ1) is 14.6. The number of benzene rings is 1. The summed E-state index contributed by atoms with van der Waals surface area (Å²) in [5, 5.41) is 5.80. The predicted molar refractivity (Wildman–Crippen MR) is 95.2 cm³/mol. The maximum absolute atomic E-state index is 4.80. The van der Waals surface area contributed by atoms with E-state index in [4.69, 9.17) is 4.98 Å². The lowest BCUT2D eigenvalue weighted by Gasteiger charge is -2.08. The van der Waals surface area contributed by atoms with E-state index in [-0.39, 0.29) is 0 Å². The molecule has 0 unspecified atom stereocenters. The number of fused-ring (bicyclic) bond motifs is 2. The van der Waals surface area contributed by atoms with Crippen LogP contribution < -0.4 is 5.32 Å². The zero-order valence-electron chi connectivity index (χ0n) is 13.3. The number of hydrogen-bond acceptors (Lipinski definition) is 5. The van der Waals surface area contributed by atoms with Crippen molar-refractivity contribution >= 4 is 28.1 Å². The van der Waals surface area contributed by atoms with Crippen molar-refractivity contribution in [1.82, 2.24) is 15.0 Å². The second-order valence-electron chi connectivity index (χ2n) is 6.05. The summed E-state index contributed by atoms with van der Waals surface area (Å²) in [6, 6.07) is 6.22. The molecule has 0 fully saturated rings. The topological polar surface area (TPSA) is 50.7 Å². The van der Waals surface area contributed by atoms with Crippen LogP contribution in [0.5, 0.6) is 0 Å². The third-order valence-electron chi connectivity index (χ3n) is 4.39. The molecule has 0 saturated heterocycles. The van der Waals surface area contributed by atoms with Gasteiger partial charge in [0.1, 0.15) is 12.1 Å². The highest BCUT2D eigenvalue weighted by Gasteiger charge is 2.14. The molecule has 23 heavy (non-hydrogen) atoms. The standard InChI is InChI=1S/C18H20N4S/c1-12-5-4-6-13-17(12)20-11-21-18(13)19-10-9-16-22-14-7-2-3-8-15(14)23-16/h4-6,11H,2-3,7-10H2,1H3,(H,19,20,21). The number of anilines is 1. The van der Waals surface area contributed by atoms with Crippen LogP contribution in [0, 0.1) is 6.92 Å².